The second-order valence-corrected chi connectivity index (χ2v) is 12.6. The van der Waals surface area contributed by atoms with E-state index in [0.29, 0.717) is 0 Å². The summed E-state index contributed by atoms with van der Waals surface area (Å²) >= 11 is 0. The lowest BCUT2D eigenvalue weighted by Gasteiger charge is -2.46. The highest BCUT2D eigenvalue weighted by Crippen LogP contribution is 2.35. The third kappa shape index (κ3) is 9.02. The summed E-state index contributed by atoms with van der Waals surface area (Å²) in [7, 11) is 0. The maximum Gasteiger partial charge on any atom is 0.338 e. The minimum Gasteiger partial charge on any atom is -0.459 e. The number of hydrogen-bond acceptors (Lipinski definition) is 10. The van der Waals surface area contributed by atoms with Crippen molar-refractivity contribution in [1.82, 2.24) is 0 Å². The van der Waals surface area contributed by atoms with E-state index in [1.807, 2.05) is 27.7 Å². The molecule has 10 heteroatoms. The van der Waals surface area contributed by atoms with Gasteiger partial charge in [0.2, 0.25) is 0 Å². The number of hydrogen-bond donors (Lipinski definition) is 0. The molecular weight excluding hydrogens is 640 g/mol. The lowest BCUT2D eigenvalue weighted by molar-refractivity contribution is -0.324. The van der Waals surface area contributed by atoms with Gasteiger partial charge < -0.3 is 28.4 Å². The highest BCUT2D eigenvalue weighted by Gasteiger charge is 2.55. The fourth-order valence-corrected chi connectivity index (χ4v) is 5.06. The standard InChI is InChI=1S/C40H40O10/c1-26(2)40(3,4)50-39-34(49-38(44)30-23-15-8-16-24-30)33(48-37(43)29-21-13-7-14-22-29)32(47-36(42)28-19-11-6-12-20-28)31(46-39)25-45-35(41)27-17-9-5-10-18-27/h5-24,26,31-34,39H,25H2,1-4H3/t31?,32-,33-,34?,39-/m0/s1. The summed E-state index contributed by atoms with van der Waals surface area (Å²) in [6.45, 7) is 7.15. The van der Waals surface area contributed by atoms with Crippen LogP contribution < -0.4 is 0 Å². The monoisotopic (exact) mass is 680 g/mol. The van der Waals surface area contributed by atoms with Gasteiger partial charge in [0.15, 0.2) is 24.6 Å². The summed E-state index contributed by atoms with van der Waals surface area (Å²) in [6.07, 6.45) is -6.95. The van der Waals surface area contributed by atoms with Crippen LogP contribution in [0.25, 0.3) is 0 Å². The van der Waals surface area contributed by atoms with Gasteiger partial charge in [-0.1, -0.05) is 86.6 Å². The molecule has 0 spiro atoms. The van der Waals surface area contributed by atoms with Gasteiger partial charge in [-0.15, -0.1) is 0 Å². The Morgan fingerprint density at radius 1 is 0.560 bits per heavy atom. The first-order valence-electron chi connectivity index (χ1n) is 16.4. The van der Waals surface area contributed by atoms with Crippen molar-refractivity contribution in [2.24, 2.45) is 5.92 Å². The molecule has 1 heterocycles. The van der Waals surface area contributed by atoms with Crippen molar-refractivity contribution >= 4 is 23.9 Å². The van der Waals surface area contributed by atoms with Crippen molar-refractivity contribution in [3.63, 3.8) is 0 Å². The third-order valence-corrected chi connectivity index (χ3v) is 8.55. The molecule has 5 atom stereocenters. The number of ether oxygens (including phenoxy) is 6. The van der Waals surface area contributed by atoms with Gasteiger partial charge in [-0.25, -0.2) is 19.2 Å². The minimum atomic E-state index is -1.48. The van der Waals surface area contributed by atoms with E-state index < -0.39 is 66.8 Å². The second kappa shape index (κ2) is 16.4. The molecule has 5 rings (SSSR count). The average molecular weight is 681 g/mol. The van der Waals surface area contributed by atoms with E-state index >= 15 is 0 Å². The molecule has 2 unspecified atom stereocenters. The molecule has 1 fully saturated rings. The summed E-state index contributed by atoms with van der Waals surface area (Å²) in [5, 5.41) is 0. The molecule has 50 heavy (non-hydrogen) atoms. The predicted molar refractivity (Wildman–Crippen MR) is 182 cm³/mol. The van der Waals surface area contributed by atoms with Crippen molar-refractivity contribution in [2.45, 2.75) is 64.0 Å². The van der Waals surface area contributed by atoms with Crippen LogP contribution in [0.3, 0.4) is 0 Å². The van der Waals surface area contributed by atoms with Gasteiger partial charge in [0.05, 0.1) is 27.9 Å². The predicted octanol–water partition coefficient (Wildman–Crippen LogP) is 6.70. The van der Waals surface area contributed by atoms with Crippen LogP contribution in [0.4, 0.5) is 0 Å². The van der Waals surface area contributed by atoms with Gasteiger partial charge in [-0.3, -0.25) is 0 Å². The SMILES string of the molecule is CC(C)C(C)(C)O[C@@H]1OC(COC(=O)c2ccccc2)[C@H](OC(=O)c2ccccc2)[C@H](OC(=O)c2ccccc2)C1OC(=O)c1ccccc1. The fraction of sp³-hybridized carbons (Fsp3) is 0.300. The van der Waals surface area contributed by atoms with E-state index in [0.717, 1.165) is 0 Å². The Balaban J connectivity index is 1.58. The summed E-state index contributed by atoms with van der Waals surface area (Å²) in [5.41, 5.74) is 0.0653. The van der Waals surface area contributed by atoms with Crippen LogP contribution in [-0.2, 0) is 28.4 Å². The fourth-order valence-electron chi connectivity index (χ4n) is 5.06. The molecule has 0 N–H and O–H groups in total. The van der Waals surface area contributed by atoms with E-state index in [4.69, 9.17) is 28.4 Å². The van der Waals surface area contributed by atoms with Crippen LogP contribution in [0.15, 0.2) is 121 Å². The van der Waals surface area contributed by atoms with Crippen LogP contribution in [0.2, 0.25) is 0 Å². The van der Waals surface area contributed by atoms with Crippen molar-refractivity contribution in [3.05, 3.63) is 144 Å². The Bertz CT molecular complexity index is 1730. The first kappa shape index (κ1) is 36.0. The molecule has 4 aromatic rings. The van der Waals surface area contributed by atoms with Crippen LogP contribution in [-0.4, -0.2) is 66.8 Å². The molecule has 0 aromatic heterocycles. The number of benzene rings is 4. The lowest BCUT2D eigenvalue weighted by Crippen LogP contribution is -2.64. The zero-order valence-corrected chi connectivity index (χ0v) is 28.3. The minimum absolute atomic E-state index is 0.0510. The Morgan fingerprint density at radius 2 is 0.920 bits per heavy atom. The number of carbonyl (C=O) groups is 4. The molecule has 260 valence electrons. The van der Waals surface area contributed by atoms with Crippen molar-refractivity contribution in [1.29, 1.82) is 0 Å². The smallest absolute Gasteiger partial charge is 0.338 e. The number of rotatable bonds is 12. The summed E-state index contributed by atoms with van der Waals surface area (Å²) in [6, 6.07) is 33.0. The number of esters is 4. The topological polar surface area (TPSA) is 124 Å². The summed E-state index contributed by atoms with van der Waals surface area (Å²) in [5.74, 6) is -3.00. The Morgan fingerprint density at radius 3 is 1.32 bits per heavy atom. The number of carbonyl (C=O) groups excluding carboxylic acids is 4. The zero-order valence-electron chi connectivity index (χ0n) is 28.3. The second-order valence-electron chi connectivity index (χ2n) is 12.6. The van der Waals surface area contributed by atoms with E-state index in [1.54, 1.807) is 121 Å². The van der Waals surface area contributed by atoms with Crippen LogP contribution in [0.5, 0.6) is 0 Å². The molecule has 0 radical (unpaired) electrons. The first-order valence-corrected chi connectivity index (χ1v) is 16.4. The normalized spacial score (nSPS) is 20.4. The van der Waals surface area contributed by atoms with Gasteiger partial charge in [-0.05, 0) is 68.3 Å². The molecule has 1 aliphatic rings. The first-order chi connectivity index (χ1) is 24.0. The average Bonchev–Trinajstić information content (AvgIpc) is 3.14. The Labute approximate surface area is 291 Å². The molecule has 0 aliphatic carbocycles. The van der Waals surface area contributed by atoms with E-state index in [9.17, 15) is 19.2 Å². The zero-order chi connectivity index (χ0) is 35.7. The molecule has 4 aromatic carbocycles. The maximum atomic E-state index is 13.7. The van der Waals surface area contributed by atoms with Gasteiger partial charge in [-0.2, -0.15) is 0 Å². The molecule has 1 saturated heterocycles. The maximum absolute atomic E-state index is 13.7. The molecule has 0 saturated carbocycles. The van der Waals surface area contributed by atoms with Gasteiger partial charge in [0.25, 0.3) is 0 Å². The van der Waals surface area contributed by atoms with E-state index in [1.165, 1.54) is 0 Å². The Kier molecular flexibility index (Phi) is 11.8. The molecule has 0 amide bonds. The van der Waals surface area contributed by atoms with E-state index in [-0.39, 0.29) is 28.2 Å². The molecule has 10 nitrogen and oxygen atoms in total. The Hall–Kier alpha value is -5.32. The van der Waals surface area contributed by atoms with Crippen LogP contribution in [0, 0.1) is 5.92 Å². The van der Waals surface area contributed by atoms with E-state index in [2.05, 4.69) is 0 Å². The van der Waals surface area contributed by atoms with Gasteiger partial charge in [0.1, 0.15) is 12.7 Å². The largest absolute Gasteiger partial charge is 0.459 e. The highest BCUT2D eigenvalue weighted by molar-refractivity contribution is 5.91. The van der Waals surface area contributed by atoms with Crippen molar-refractivity contribution < 1.29 is 47.6 Å². The van der Waals surface area contributed by atoms with Gasteiger partial charge >= 0.3 is 23.9 Å². The quantitative estimate of drug-likeness (QED) is 0.118. The van der Waals surface area contributed by atoms with Crippen molar-refractivity contribution in [3.8, 4) is 0 Å². The molecule has 0 bridgehead atoms. The van der Waals surface area contributed by atoms with Crippen molar-refractivity contribution in [2.75, 3.05) is 6.61 Å². The molecular formula is C40H40O10. The van der Waals surface area contributed by atoms with Gasteiger partial charge in [0, 0.05) is 0 Å². The lowest BCUT2D eigenvalue weighted by atomic mass is 9.93. The summed E-state index contributed by atoms with van der Waals surface area (Å²) < 4.78 is 36.8. The van der Waals surface area contributed by atoms with Crippen LogP contribution >= 0.6 is 0 Å². The highest BCUT2D eigenvalue weighted by atomic mass is 16.7. The molecule has 1 aliphatic heterocycles. The summed E-state index contributed by atoms with van der Waals surface area (Å²) in [4.78, 5) is 54.0. The third-order valence-electron chi connectivity index (χ3n) is 8.55. The van der Waals surface area contributed by atoms with Crippen LogP contribution in [0.1, 0.15) is 69.1 Å².